The van der Waals surface area contributed by atoms with Gasteiger partial charge in [0.05, 0.1) is 23.8 Å². The Bertz CT molecular complexity index is 899. The monoisotopic (exact) mass is 431 g/mol. The molecule has 4 atom stereocenters. The second kappa shape index (κ2) is 8.45. The van der Waals surface area contributed by atoms with Crippen molar-refractivity contribution in [3.63, 3.8) is 0 Å². The number of alkyl halides is 3. The number of fused-ring (bicyclic) bond motifs is 3. The van der Waals surface area contributed by atoms with Crippen LogP contribution in [-0.4, -0.2) is 43.7 Å². The van der Waals surface area contributed by atoms with Gasteiger partial charge in [0, 0.05) is 49.9 Å². The van der Waals surface area contributed by atoms with Gasteiger partial charge in [-0.2, -0.15) is 13.2 Å². The van der Waals surface area contributed by atoms with Crippen LogP contribution in [0, 0.1) is 5.92 Å². The molecule has 0 amide bonds. The van der Waals surface area contributed by atoms with Crippen LogP contribution in [0.2, 0.25) is 0 Å². The Balaban J connectivity index is 1.46. The number of halogens is 3. The molecule has 31 heavy (non-hydrogen) atoms. The predicted octanol–water partition coefficient (Wildman–Crippen LogP) is 4.61. The van der Waals surface area contributed by atoms with Crippen LogP contribution in [0.5, 0.6) is 0 Å². The minimum absolute atomic E-state index is 0.0237. The maximum Gasteiger partial charge on any atom is 0.416 e. The minimum Gasteiger partial charge on any atom is -0.378 e. The summed E-state index contributed by atoms with van der Waals surface area (Å²) in [5.41, 5.74) is 1.91. The van der Waals surface area contributed by atoms with E-state index in [4.69, 9.17) is 4.74 Å². The fraction of sp³-hybridized carbons (Fsp3) is 0.500. The first-order valence-electron chi connectivity index (χ1n) is 11.1. The zero-order valence-corrected chi connectivity index (χ0v) is 17.4. The molecule has 0 spiro atoms. The zero-order chi connectivity index (χ0) is 21.4. The largest absolute Gasteiger partial charge is 0.416 e. The molecular weight excluding hydrogens is 403 g/mol. The first-order valence-corrected chi connectivity index (χ1v) is 11.1. The standard InChI is InChI=1S/C24H28F3N3O/c25-24(26,27)17-6-9-21-20(14-17)23-19(22(29-21)16-4-2-1-3-5-16)8-7-18(31-23)15-30-12-10-28-11-13-30/h1-6,9,14,18-19,22-23,28-29H,7-8,10-13,15H2/t18?,19-,22-,23?/m0/s1. The minimum atomic E-state index is -4.37. The van der Waals surface area contributed by atoms with E-state index in [1.54, 1.807) is 6.07 Å². The van der Waals surface area contributed by atoms with Crippen LogP contribution >= 0.6 is 0 Å². The van der Waals surface area contributed by atoms with Crippen molar-refractivity contribution in [1.29, 1.82) is 0 Å². The van der Waals surface area contributed by atoms with E-state index in [2.05, 4.69) is 27.7 Å². The SMILES string of the molecule is FC(F)(F)c1ccc2c(c1)C1OC(CN3CCNCC3)CC[C@H]1[C@H](c1ccccc1)N2. The van der Waals surface area contributed by atoms with Gasteiger partial charge in [0.15, 0.2) is 0 Å². The van der Waals surface area contributed by atoms with Crippen LogP contribution in [-0.2, 0) is 10.9 Å². The van der Waals surface area contributed by atoms with Gasteiger partial charge in [0.25, 0.3) is 0 Å². The van der Waals surface area contributed by atoms with Crippen LogP contribution in [0.3, 0.4) is 0 Å². The Morgan fingerprint density at radius 3 is 2.52 bits per heavy atom. The zero-order valence-electron chi connectivity index (χ0n) is 17.4. The van der Waals surface area contributed by atoms with Gasteiger partial charge in [-0.25, -0.2) is 0 Å². The topological polar surface area (TPSA) is 36.5 Å². The highest BCUT2D eigenvalue weighted by Gasteiger charge is 2.43. The van der Waals surface area contributed by atoms with Crippen molar-refractivity contribution < 1.29 is 17.9 Å². The first kappa shape index (κ1) is 20.8. The van der Waals surface area contributed by atoms with E-state index >= 15 is 0 Å². The second-order valence-electron chi connectivity index (χ2n) is 8.80. The Kier molecular flexibility index (Phi) is 5.67. The van der Waals surface area contributed by atoms with Crippen LogP contribution in [0.15, 0.2) is 48.5 Å². The van der Waals surface area contributed by atoms with Crippen molar-refractivity contribution in [3.05, 3.63) is 65.2 Å². The fourth-order valence-corrected chi connectivity index (χ4v) is 5.24. The summed E-state index contributed by atoms with van der Waals surface area (Å²) >= 11 is 0. The van der Waals surface area contributed by atoms with Crippen LogP contribution in [0.4, 0.5) is 18.9 Å². The molecule has 166 valence electrons. The lowest BCUT2D eigenvalue weighted by Gasteiger charge is -2.46. The molecule has 2 fully saturated rings. The molecule has 2 aromatic carbocycles. The van der Waals surface area contributed by atoms with Gasteiger partial charge < -0.3 is 15.4 Å². The normalized spacial score (nSPS) is 29.0. The smallest absolute Gasteiger partial charge is 0.378 e. The van der Waals surface area contributed by atoms with E-state index in [1.807, 2.05) is 18.2 Å². The van der Waals surface area contributed by atoms with E-state index in [1.165, 1.54) is 6.07 Å². The summed E-state index contributed by atoms with van der Waals surface area (Å²) in [7, 11) is 0. The molecular formula is C24H28F3N3O. The summed E-state index contributed by atoms with van der Waals surface area (Å²) in [5, 5.41) is 6.88. The second-order valence-corrected chi connectivity index (χ2v) is 8.80. The van der Waals surface area contributed by atoms with Gasteiger partial charge in [-0.3, -0.25) is 4.90 Å². The quantitative estimate of drug-likeness (QED) is 0.744. The van der Waals surface area contributed by atoms with Gasteiger partial charge in [-0.1, -0.05) is 30.3 Å². The summed E-state index contributed by atoms with van der Waals surface area (Å²) in [6, 6.07) is 14.2. The molecule has 0 aromatic heterocycles. The average Bonchev–Trinajstić information content (AvgIpc) is 2.79. The number of benzene rings is 2. The van der Waals surface area contributed by atoms with Crippen molar-refractivity contribution in [2.75, 3.05) is 38.0 Å². The van der Waals surface area contributed by atoms with Crippen LogP contribution in [0.25, 0.3) is 0 Å². The lowest BCUT2D eigenvalue weighted by atomic mass is 9.76. The summed E-state index contributed by atoms with van der Waals surface area (Å²) in [4.78, 5) is 2.39. The number of rotatable bonds is 3. The van der Waals surface area contributed by atoms with Gasteiger partial charge in [-0.05, 0) is 36.6 Å². The number of piperazine rings is 1. The molecule has 2 unspecified atom stereocenters. The lowest BCUT2D eigenvalue weighted by molar-refractivity contribution is -0.138. The molecule has 5 rings (SSSR count). The average molecular weight is 432 g/mol. The highest BCUT2D eigenvalue weighted by Crippen LogP contribution is 2.51. The van der Waals surface area contributed by atoms with Crippen molar-refractivity contribution in [1.82, 2.24) is 10.2 Å². The number of nitrogens with zero attached hydrogens (tertiary/aromatic N) is 1. The number of hydrogen-bond acceptors (Lipinski definition) is 4. The molecule has 3 aliphatic rings. The van der Waals surface area contributed by atoms with Crippen molar-refractivity contribution >= 4 is 5.69 Å². The van der Waals surface area contributed by atoms with E-state index in [-0.39, 0.29) is 24.2 Å². The molecule has 2 aromatic rings. The molecule has 7 heteroatoms. The van der Waals surface area contributed by atoms with E-state index in [0.717, 1.165) is 62.9 Å². The highest BCUT2D eigenvalue weighted by molar-refractivity contribution is 5.58. The Morgan fingerprint density at radius 2 is 1.77 bits per heavy atom. The third-order valence-electron chi connectivity index (χ3n) is 6.80. The van der Waals surface area contributed by atoms with Crippen molar-refractivity contribution in [2.45, 2.75) is 37.3 Å². The number of hydrogen-bond donors (Lipinski definition) is 2. The molecule has 0 saturated carbocycles. The summed E-state index contributed by atoms with van der Waals surface area (Å²) in [6.45, 7) is 4.74. The molecule has 0 radical (unpaired) electrons. The summed E-state index contributed by atoms with van der Waals surface area (Å²) in [5.74, 6) is 0.0951. The summed E-state index contributed by atoms with van der Waals surface area (Å²) in [6.07, 6.45) is -2.83. The Labute approximate surface area is 180 Å². The highest BCUT2D eigenvalue weighted by atomic mass is 19.4. The molecule has 0 aliphatic carbocycles. The molecule has 0 bridgehead atoms. The third kappa shape index (κ3) is 4.31. The van der Waals surface area contributed by atoms with E-state index in [0.29, 0.717) is 5.56 Å². The first-order chi connectivity index (χ1) is 15.0. The van der Waals surface area contributed by atoms with E-state index in [9.17, 15) is 13.2 Å². The fourth-order valence-electron chi connectivity index (χ4n) is 5.24. The molecule has 2 saturated heterocycles. The maximum atomic E-state index is 13.4. The number of anilines is 1. The van der Waals surface area contributed by atoms with Gasteiger partial charge in [0.2, 0.25) is 0 Å². The molecule has 4 nitrogen and oxygen atoms in total. The van der Waals surface area contributed by atoms with Gasteiger partial charge in [-0.15, -0.1) is 0 Å². The lowest BCUT2D eigenvalue weighted by Crippen LogP contribution is -2.48. The van der Waals surface area contributed by atoms with Crippen molar-refractivity contribution in [2.24, 2.45) is 5.92 Å². The third-order valence-corrected chi connectivity index (χ3v) is 6.80. The molecule has 2 N–H and O–H groups in total. The predicted molar refractivity (Wildman–Crippen MR) is 114 cm³/mol. The Hall–Kier alpha value is -2.09. The Morgan fingerprint density at radius 1 is 1.00 bits per heavy atom. The van der Waals surface area contributed by atoms with Gasteiger partial charge in [0.1, 0.15) is 0 Å². The van der Waals surface area contributed by atoms with Gasteiger partial charge >= 0.3 is 6.18 Å². The maximum absolute atomic E-state index is 13.4. The number of nitrogens with one attached hydrogen (secondary N) is 2. The molecule has 3 heterocycles. The van der Waals surface area contributed by atoms with E-state index < -0.39 is 11.7 Å². The van der Waals surface area contributed by atoms with Crippen LogP contribution in [0.1, 0.15) is 41.7 Å². The van der Waals surface area contributed by atoms with Crippen molar-refractivity contribution in [3.8, 4) is 0 Å². The van der Waals surface area contributed by atoms with Crippen LogP contribution < -0.4 is 10.6 Å². The summed E-state index contributed by atoms with van der Waals surface area (Å²) < 4.78 is 46.9. The number of ether oxygens (including phenoxy) is 1. The molecule has 3 aliphatic heterocycles.